The number of Topliss-reactive ketones (excluding diaryl/α,β-unsaturated/α-hetero) is 1. The summed E-state index contributed by atoms with van der Waals surface area (Å²) in [5, 5.41) is 16.9. The minimum absolute atomic E-state index is 0.120. The van der Waals surface area contributed by atoms with Gasteiger partial charge in [0.15, 0.2) is 27.7 Å². The van der Waals surface area contributed by atoms with Crippen molar-refractivity contribution in [3.63, 3.8) is 0 Å². The second-order valence-corrected chi connectivity index (χ2v) is 12.5. The highest BCUT2D eigenvalue weighted by molar-refractivity contribution is 6.30. The van der Waals surface area contributed by atoms with Crippen LogP contribution >= 0.6 is 23.2 Å². The Kier molecular flexibility index (Phi) is 7.07. The molecular formula is C25H32Cl2N8O3. The summed E-state index contributed by atoms with van der Waals surface area (Å²) in [6.07, 6.45) is 0. The zero-order valence-electron chi connectivity index (χ0n) is 22.8. The Balaban J connectivity index is 1.75. The van der Waals surface area contributed by atoms with Gasteiger partial charge in [0.2, 0.25) is 0 Å². The summed E-state index contributed by atoms with van der Waals surface area (Å²) >= 11 is 12.6. The number of rotatable bonds is 4. The van der Waals surface area contributed by atoms with Crippen LogP contribution in [0.2, 0.25) is 10.3 Å². The maximum absolute atomic E-state index is 14.1. The second-order valence-electron chi connectivity index (χ2n) is 11.8. The van der Waals surface area contributed by atoms with Gasteiger partial charge >= 0.3 is 12.1 Å². The van der Waals surface area contributed by atoms with E-state index in [9.17, 15) is 14.4 Å². The molecule has 38 heavy (non-hydrogen) atoms. The molecule has 13 heteroatoms. The lowest BCUT2D eigenvalue weighted by Crippen LogP contribution is -2.51. The number of amides is 4. The largest absolute Gasteiger partial charge is 0.326 e. The van der Waals surface area contributed by atoms with Crippen molar-refractivity contribution in [1.29, 1.82) is 0 Å². The van der Waals surface area contributed by atoms with Crippen molar-refractivity contribution in [1.82, 2.24) is 30.2 Å². The van der Waals surface area contributed by atoms with Crippen molar-refractivity contribution in [3.8, 4) is 0 Å². The number of urea groups is 2. The van der Waals surface area contributed by atoms with Crippen LogP contribution in [0.4, 0.5) is 21.2 Å². The third-order valence-corrected chi connectivity index (χ3v) is 7.38. The molecule has 2 fully saturated rings. The number of likely N-dealkylation sites (N-methyl/N-ethyl adjacent to an activating group) is 2. The van der Waals surface area contributed by atoms with E-state index in [1.165, 1.54) is 19.6 Å². The molecule has 0 aromatic carbocycles. The van der Waals surface area contributed by atoms with Crippen LogP contribution in [-0.2, 0) is 15.6 Å². The first-order valence-electron chi connectivity index (χ1n) is 12.2. The molecule has 0 radical (unpaired) electrons. The lowest BCUT2D eigenvalue weighted by Gasteiger charge is -2.28. The molecule has 0 N–H and O–H groups in total. The van der Waals surface area contributed by atoms with Gasteiger partial charge in [-0.1, -0.05) is 64.7 Å². The maximum Gasteiger partial charge on any atom is 0.326 e. The molecule has 2 saturated heterocycles. The molecule has 2 aromatic rings. The van der Waals surface area contributed by atoms with Crippen LogP contribution in [0, 0.1) is 0 Å². The van der Waals surface area contributed by atoms with Gasteiger partial charge in [-0.15, -0.1) is 20.4 Å². The van der Waals surface area contributed by atoms with Crippen molar-refractivity contribution in [2.75, 3.05) is 37.0 Å². The first-order valence-corrected chi connectivity index (χ1v) is 13.0. The highest BCUT2D eigenvalue weighted by Gasteiger charge is 2.50. The number of halogens is 2. The molecule has 0 saturated carbocycles. The predicted octanol–water partition coefficient (Wildman–Crippen LogP) is 3.92. The highest BCUT2D eigenvalue weighted by atomic mass is 35.5. The molecule has 11 nitrogen and oxygen atoms in total. The summed E-state index contributed by atoms with van der Waals surface area (Å²) in [5.41, 5.74) is 0.652. The summed E-state index contributed by atoms with van der Waals surface area (Å²) in [6, 6.07) is 0.762. The molecule has 4 heterocycles. The van der Waals surface area contributed by atoms with E-state index < -0.39 is 24.1 Å². The summed E-state index contributed by atoms with van der Waals surface area (Å²) in [4.78, 5) is 46.1. The average Bonchev–Trinajstić information content (AvgIpc) is 3.28. The van der Waals surface area contributed by atoms with Crippen molar-refractivity contribution in [2.45, 2.75) is 64.5 Å². The normalized spacial score (nSPS) is 20.7. The lowest BCUT2D eigenvalue weighted by atomic mass is 9.88. The van der Waals surface area contributed by atoms with Crippen molar-refractivity contribution in [3.05, 3.63) is 33.6 Å². The number of hydrogen-bond acceptors (Lipinski definition) is 7. The van der Waals surface area contributed by atoms with Crippen molar-refractivity contribution < 1.29 is 14.4 Å². The van der Waals surface area contributed by atoms with E-state index in [4.69, 9.17) is 23.2 Å². The van der Waals surface area contributed by atoms with Gasteiger partial charge in [0.05, 0.1) is 13.1 Å². The third kappa shape index (κ3) is 4.89. The third-order valence-electron chi connectivity index (χ3n) is 6.82. The summed E-state index contributed by atoms with van der Waals surface area (Å²) in [6.45, 7) is 12.1. The Morgan fingerprint density at radius 3 is 1.39 bits per heavy atom. The summed E-state index contributed by atoms with van der Waals surface area (Å²) in [7, 11) is 3.22. The molecule has 2 aliphatic rings. The van der Waals surface area contributed by atoms with E-state index in [0.29, 0.717) is 11.1 Å². The molecule has 4 amide bonds. The van der Waals surface area contributed by atoms with Crippen LogP contribution in [0.25, 0.3) is 0 Å². The topological polar surface area (TPSA) is 116 Å². The fraction of sp³-hybridized carbons (Fsp3) is 0.560. The fourth-order valence-corrected chi connectivity index (χ4v) is 5.42. The monoisotopic (exact) mass is 562 g/mol. The van der Waals surface area contributed by atoms with Gasteiger partial charge < -0.3 is 9.80 Å². The van der Waals surface area contributed by atoms with Crippen LogP contribution in [0.1, 0.15) is 52.7 Å². The van der Waals surface area contributed by atoms with Gasteiger partial charge in [0.25, 0.3) is 0 Å². The Hall–Kier alpha value is -3.05. The molecule has 0 aliphatic carbocycles. The van der Waals surface area contributed by atoms with Gasteiger partial charge in [-0.3, -0.25) is 14.6 Å². The predicted molar refractivity (Wildman–Crippen MR) is 145 cm³/mol. The first kappa shape index (κ1) is 28.0. The number of ketones is 1. The van der Waals surface area contributed by atoms with Crippen molar-refractivity contribution in [2.24, 2.45) is 0 Å². The summed E-state index contributed by atoms with van der Waals surface area (Å²) in [5.74, 6) is 0.110. The zero-order chi connectivity index (χ0) is 28.3. The number of nitrogens with zero attached hydrogens (tertiary/aromatic N) is 8. The standard InChI is InChI=1S/C25H32Cl2N8O3/c1-24(2,3)13-9-17(28-30-20(13)26)34-15(11-32(7)22(34)37)19(36)16-12-33(8)23(38)35(16)18-10-14(25(4,5)6)21(27)31-29-18/h9-10,15-16H,11-12H2,1-8H3. The Labute approximate surface area is 232 Å². The van der Waals surface area contributed by atoms with Crippen LogP contribution in [0.3, 0.4) is 0 Å². The number of aromatic nitrogens is 4. The van der Waals surface area contributed by atoms with Crippen LogP contribution in [-0.4, -0.2) is 87.3 Å². The van der Waals surface area contributed by atoms with Gasteiger partial charge in [0, 0.05) is 25.2 Å². The van der Waals surface area contributed by atoms with E-state index in [1.807, 2.05) is 41.5 Å². The molecule has 2 aromatic heterocycles. The van der Waals surface area contributed by atoms with Crippen molar-refractivity contribution >= 4 is 52.7 Å². The molecular weight excluding hydrogens is 531 g/mol. The van der Waals surface area contributed by atoms with Gasteiger partial charge in [-0.25, -0.2) is 9.59 Å². The second kappa shape index (κ2) is 9.60. The quantitative estimate of drug-likeness (QED) is 0.554. The molecule has 0 bridgehead atoms. The van der Waals surface area contributed by atoms with Gasteiger partial charge in [-0.2, -0.15) is 0 Å². The molecule has 0 spiro atoms. The Morgan fingerprint density at radius 2 is 1.08 bits per heavy atom. The zero-order valence-corrected chi connectivity index (χ0v) is 24.3. The number of carbonyl (C=O) groups is 3. The van der Waals surface area contributed by atoms with Crippen LogP contribution in [0.15, 0.2) is 12.1 Å². The minimum Gasteiger partial charge on any atom is -0.325 e. The van der Waals surface area contributed by atoms with E-state index in [0.717, 1.165) is 0 Å². The number of carbonyl (C=O) groups excluding carboxylic acids is 3. The molecule has 204 valence electrons. The van der Waals surface area contributed by atoms with Gasteiger partial charge in [0.1, 0.15) is 12.1 Å². The molecule has 2 aliphatic heterocycles. The maximum atomic E-state index is 14.1. The molecule has 2 atom stereocenters. The van der Waals surface area contributed by atoms with E-state index >= 15 is 0 Å². The number of anilines is 2. The Bertz CT molecular complexity index is 1210. The molecule has 4 rings (SSSR count). The minimum atomic E-state index is -0.912. The van der Waals surface area contributed by atoms with E-state index in [1.54, 1.807) is 26.2 Å². The van der Waals surface area contributed by atoms with Crippen LogP contribution < -0.4 is 9.80 Å². The summed E-state index contributed by atoms with van der Waals surface area (Å²) < 4.78 is 0. The number of hydrogen-bond donors (Lipinski definition) is 0. The van der Waals surface area contributed by atoms with Gasteiger partial charge in [-0.05, 0) is 23.0 Å². The van der Waals surface area contributed by atoms with Crippen LogP contribution in [0.5, 0.6) is 0 Å². The Morgan fingerprint density at radius 1 is 0.737 bits per heavy atom. The first-order chi connectivity index (χ1) is 17.5. The average molecular weight is 563 g/mol. The smallest absolute Gasteiger partial charge is 0.325 e. The SMILES string of the molecule is CN1CC(C(=O)C2CN(C)C(=O)N2c2cc(C(C)(C)C)c(Cl)nn2)N(c2cc(C(C)(C)C)c(Cl)nn2)C1=O. The lowest BCUT2D eigenvalue weighted by molar-refractivity contribution is -0.121. The molecule has 2 unspecified atom stereocenters. The fourth-order valence-electron chi connectivity index (χ4n) is 4.66. The highest BCUT2D eigenvalue weighted by Crippen LogP contribution is 2.35. The van der Waals surface area contributed by atoms with E-state index in [2.05, 4.69) is 20.4 Å². The van der Waals surface area contributed by atoms with E-state index in [-0.39, 0.29) is 51.6 Å².